The summed E-state index contributed by atoms with van der Waals surface area (Å²) in [4.78, 5) is 13.0. The molecule has 0 radical (unpaired) electrons. The minimum Gasteiger partial charge on any atom is -0.497 e. The fourth-order valence-corrected chi connectivity index (χ4v) is 2.15. The molecule has 0 aliphatic heterocycles. The predicted octanol–water partition coefficient (Wildman–Crippen LogP) is 3.10. The largest absolute Gasteiger partial charge is 0.497 e. The van der Waals surface area contributed by atoms with Crippen LogP contribution in [0, 0.1) is 0 Å². The van der Waals surface area contributed by atoms with Gasteiger partial charge in [-0.05, 0) is 35.9 Å². The minimum absolute atomic E-state index is 0.580. The SMILES string of the molecule is COc1ccc(CNc2nccc(NCc3ccccn3)n2)cc1. The Morgan fingerprint density at radius 1 is 0.875 bits per heavy atom. The van der Waals surface area contributed by atoms with Gasteiger partial charge in [0.2, 0.25) is 5.95 Å². The van der Waals surface area contributed by atoms with E-state index in [4.69, 9.17) is 4.74 Å². The van der Waals surface area contributed by atoms with Crippen molar-refractivity contribution in [2.24, 2.45) is 0 Å². The first-order chi connectivity index (χ1) is 11.8. The van der Waals surface area contributed by atoms with Crippen LogP contribution in [0.15, 0.2) is 60.9 Å². The first-order valence-corrected chi connectivity index (χ1v) is 7.67. The van der Waals surface area contributed by atoms with Crippen LogP contribution in [-0.4, -0.2) is 22.1 Å². The third-order valence-corrected chi connectivity index (χ3v) is 3.44. The molecule has 0 spiro atoms. The zero-order valence-corrected chi connectivity index (χ0v) is 13.4. The summed E-state index contributed by atoms with van der Waals surface area (Å²) in [7, 11) is 1.66. The van der Waals surface area contributed by atoms with Crippen molar-refractivity contribution >= 4 is 11.8 Å². The highest BCUT2D eigenvalue weighted by Crippen LogP contribution is 2.13. The van der Waals surface area contributed by atoms with Gasteiger partial charge in [-0.2, -0.15) is 4.98 Å². The molecule has 3 rings (SSSR count). The van der Waals surface area contributed by atoms with Gasteiger partial charge >= 0.3 is 0 Å². The van der Waals surface area contributed by atoms with E-state index in [9.17, 15) is 0 Å². The van der Waals surface area contributed by atoms with Crippen molar-refractivity contribution in [3.05, 3.63) is 72.2 Å². The first kappa shape index (κ1) is 15.7. The van der Waals surface area contributed by atoms with Gasteiger partial charge in [-0.1, -0.05) is 18.2 Å². The van der Waals surface area contributed by atoms with Crippen molar-refractivity contribution in [3.8, 4) is 5.75 Å². The first-order valence-electron chi connectivity index (χ1n) is 7.67. The van der Waals surface area contributed by atoms with Crippen LogP contribution in [-0.2, 0) is 13.1 Å². The summed E-state index contributed by atoms with van der Waals surface area (Å²) in [5.74, 6) is 2.18. The second-order valence-corrected chi connectivity index (χ2v) is 5.14. The maximum Gasteiger partial charge on any atom is 0.224 e. The number of pyridine rings is 1. The summed E-state index contributed by atoms with van der Waals surface area (Å²) >= 11 is 0. The van der Waals surface area contributed by atoms with Crippen LogP contribution < -0.4 is 15.4 Å². The highest BCUT2D eigenvalue weighted by Gasteiger charge is 2.01. The molecule has 2 aromatic heterocycles. The van der Waals surface area contributed by atoms with Crippen molar-refractivity contribution in [3.63, 3.8) is 0 Å². The highest BCUT2D eigenvalue weighted by molar-refractivity contribution is 5.40. The van der Waals surface area contributed by atoms with E-state index in [1.165, 1.54) is 0 Å². The van der Waals surface area contributed by atoms with Crippen molar-refractivity contribution in [2.75, 3.05) is 17.7 Å². The Hall–Kier alpha value is -3.15. The molecule has 0 unspecified atom stereocenters. The monoisotopic (exact) mass is 321 g/mol. The normalized spacial score (nSPS) is 10.2. The van der Waals surface area contributed by atoms with Crippen LogP contribution in [0.3, 0.4) is 0 Å². The van der Waals surface area contributed by atoms with E-state index in [1.54, 1.807) is 19.5 Å². The van der Waals surface area contributed by atoms with Gasteiger partial charge in [0, 0.05) is 18.9 Å². The molecule has 0 aliphatic carbocycles. The fourth-order valence-electron chi connectivity index (χ4n) is 2.15. The lowest BCUT2D eigenvalue weighted by Gasteiger charge is -2.08. The summed E-state index contributed by atoms with van der Waals surface area (Å²) in [6.45, 7) is 1.27. The number of hydrogen-bond acceptors (Lipinski definition) is 6. The Bertz CT molecular complexity index is 762. The van der Waals surface area contributed by atoms with E-state index in [1.807, 2.05) is 48.5 Å². The third kappa shape index (κ3) is 4.42. The quantitative estimate of drug-likeness (QED) is 0.697. The lowest BCUT2D eigenvalue weighted by Crippen LogP contribution is -2.07. The number of nitrogens with zero attached hydrogens (tertiary/aromatic N) is 3. The van der Waals surface area contributed by atoms with E-state index < -0.39 is 0 Å². The Kier molecular flexibility index (Phi) is 5.19. The Morgan fingerprint density at radius 3 is 2.50 bits per heavy atom. The number of nitrogens with one attached hydrogen (secondary N) is 2. The molecular formula is C18H19N5O. The van der Waals surface area contributed by atoms with Gasteiger partial charge < -0.3 is 15.4 Å². The second kappa shape index (κ2) is 7.92. The molecule has 0 bridgehead atoms. The standard InChI is InChI=1S/C18H19N5O/c1-24-16-7-5-14(6-8-16)12-22-18-20-11-9-17(23-18)21-13-15-4-2-3-10-19-15/h2-11H,12-13H2,1H3,(H2,20,21,22,23). The van der Waals surface area contributed by atoms with Crippen molar-refractivity contribution in [1.29, 1.82) is 0 Å². The highest BCUT2D eigenvalue weighted by atomic mass is 16.5. The van der Waals surface area contributed by atoms with Crippen molar-refractivity contribution in [1.82, 2.24) is 15.0 Å². The average Bonchev–Trinajstić information content (AvgIpc) is 2.66. The summed E-state index contributed by atoms with van der Waals surface area (Å²) in [6.07, 6.45) is 3.50. The summed E-state index contributed by atoms with van der Waals surface area (Å²) in [5.41, 5.74) is 2.09. The van der Waals surface area contributed by atoms with Crippen LogP contribution in [0.4, 0.5) is 11.8 Å². The summed E-state index contributed by atoms with van der Waals surface area (Å²) < 4.78 is 5.15. The van der Waals surface area contributed by atoms with Crippen LogP contribution in [0.2, 0.25) is 0 Å². The molecule has 6 nitrogen and oxygen atoms in total. The Balaban J connectivity index is 1.56. The van der Waals surface area contributed by atoms with E-state index in [0.717, 1.165) is 22.8 Å². The Labute approximate surface area is 141 Å². The van der Waals surface area contributed by atoms with Crippen molar-refractivity contribution in [2.45, 2.75) is 13.1 Å². The molecule has 0 fully saturated rings. The van der Waals surface area contributed by atoms with Gasteiger partial charge in [0.05, 0.1) is 19.3 Å². The van der Waals surface area contributed by atoms with Gasteiger partial charge in [0.1, 0.15) is 11.6 Å². The fraction of sp³-hybridized carbons (Fsp3) is 0.167. The zero-order valence-electron chi connectivity index (χ0n) is 13.4. The van der Waals surface area contributed by atoms with Gasteiger partial charge in [-0.25, -0.2) is 4.98 Å². The van der Waals surface area contributed by atoms with E-state index in [0.29, 0.717) is 19.0 Å². The topological polar surface area (TPSA) is 72.0 Å². The second-order valence-electron chi connectivity index (χ2n) is 5.14. The molecule has 2 heterocycles. The maximum atomic E-state index is 5.15. The summed E-state index contributed by atoms with van der Waals surface area (Å²) in [5, 5.41) is 6.46. The van der Waals surface area contributed by atoms with Crippen LogP contribution in [0.1, 0.15) is 11.3 Å². The number of aromatic nitrogens is 3. The molecule has 0 aliphatic rings. The molecule has 122 valence electrons. The lowest BCUT2D eigenvalue weighted by molar-refractivity contribution is 0.414. The van der Waals surface area contributed by atoms with Crippen molar-refractivity contribution < 1.29 is 4.74 Å². The summed E-state index contributed by atoms with van der Waals surface area (Å²) in [6, 6.07) is 15.6. The molecule has 0 atom stereocenters. The Morgan fingerprint density at radius 2 is 1.75 bits per heavy atom. The van der Waals surface area contributed by atoms with Gasteiger partial charge in [-0.15, -0.1) is 0 Å². The van der Waals surface area contributed by atoms with E-state index >= 15 is 0 Å². The van der Waals surface area contributed by atoms with Crippen LogP contribution in [0.5, 0.6) is 5.75 Å². The molecule has 0 saturated heterocycles. The molecule has 6 heteroatoms. The molecule has 3 aromatic rings. The molecule has 2 N–H and O–H groups in total. The zero-order chi connectivity index (χ0) is 16.6. The van der Waals surface area contributed by atoms with Gasteiger partial charge in [0.25, 0.3) is 0 Å². The smallest absolute Gasteiger partial charge is 0.224 e. The number of methoxy groups -OCH3 is 1. The number of benzene rings is 1. The molecule has 0 amide bonds. The lowest BCUT2D eigenvalue weighted by atomic mass is 10.2. The molecule has 24 heavy (non-hydrogen) atoms. The van der Waals surface area contributed by atoms with Crippen LogP contribution in [0.25, 0.3) is 0 Å². The molecule has 0 saturated carbocycles. The number of anilines is 2. The average molecular weight is 321 g/mol. The predicted molar refractivity (Wildman–Crippen MR) is 93.9 cm³/mol. The molecule has 1 aromatic carbocycles. The van der Waals surface area contributed by atoms with E-state index in [2.05, 4.69) is 25.6 Å². The minimum atomic E-state index is 0.580. The number of rotatable bonds is 7. The third-order valence-electron chi connectivity index (χ3n) is 3.44. The molecular weight excluding hydrogens is 302 g/mol. The maximum absolute atomic E-state index is 5.15. The number of hydrogen-bond donors (Lipinski definition) is 2. The van der Waals surface area contributed by atoms with Gasteiger partial charge in [-0.3, -0.25) is 4.98 Å². The van der Waals surface area contributed by atoms with E-state index in [-0.39, 0.29) is 0 Å². The number of ether oxygens (including phenoxy) is 1. The van der Waals surface area contributed by atoms with Gasteiger partial charge in [0.15, 0.2) is 0 Å². The van der Waals surface area contributed by atoms with Crippen LogP contribution >= 0.6 is 0 Å².